The Kier molecular flexibility index (Phi) is 3.51. The van der Waals surface area contributed by atoms with Crippen LogP contribution in [0, 0.1) is 5.92 Å². The van der Waals surface area contributed by atoms with E-state index >= 15 is 0 Å². The average molecular weight is 251 g/mol. The molecule has 0 N–H and O–H groups in total. The molecule has 0 radical (unpaired) electrons. The van der Waals surface area contributed by atoms with Crippen molar-refractivity contribution in [1.82, 2.24) is 24.4 Å². The standard InChI is InChI=1S/C11H17N5S/c1-7(2)5-16-6-12-14-11(16)10-9(8(3)4)13-15-17-10/h6-8H,5H2,1-4H3. The van der Waals surface area contributed by atoms with E-state index in [4.69, 9.17) is 0 Å². The fourth-order valence-electron chi connectivity index (χ4n) is 1.69. The monoisotopic (exact) mass is 251 g/mol. The van der Waals surface area contributed by atoms with E-state index in [9.17, 15) is 0 Å². The molecule has 0 aliphatic carbocycles. The van der Waals surface area contributed by atoms with E-state index in [1.807, 2.05) is 0 Å². The van der Waals surface area contributed by atoms with Crippen molar-refractivity contribution in [2.24, 2.45) is 5.92 Å². The van der Waals surface area contributed by atoms with Crippen LogP contribution in [0.15, 0.2) is 6.33 Å². The molecule has 0 saturated carbocycles. The Bertz CT molecular complexity index is 486. The number of rotatable bonds is 4. The van der Waals surface area contributed by atoms with E-state index in [1.165, 1.54) is 11.5 Å². The highest BCUT2D eigenvalue weighted by Crippen LogP contribution is 2.29. The topological polar surface area (TPSA) is 56.5 Å². The molecule has 0 atom stereocenters. The van der Waals surface area contributed by atoms with E-state index in [1.54, 1.807) is 6.33 Å². The van der Waals surface area contributed by atoms with E-state index in [2.05, 4.69) is 52.0 Å². The van der Waals surface area contributed by atoms with Gasteiger partial charge in [-0.2, -0.15) is 0 Å². The largest absolute Gasteiger partial charge is 0.313 e. The Morgan fingerprint density at radius 2 is 2.00 bits per heavy atom. The summed E-state index contributed by atoms with van der Waals surface area (Å²) in [6.45, 7) is 9.50. The zero-order valence-corrected chi connectivity index (χ0v) is 11.4. The molecule has 2 aromatic heterocycles. The molecule has 2 heterocycles. The van der Waals surface area contributed by atoms with E-state index < -0.39 is 0 Å². The van der Waals surface area contributed by atoms with Crippen LogP contribution in [0.1, 0.15) is 39.3 Å². The van der Waals surface area contributed by atoms with Gasteiger partial charge in [-0.05, 0) is 23.4 Å². The molecule has 5 nitrogen and oxygen atoms in total. The smallest absolute Gasteiger partial charge is 0.177 e. The number of nitrogens with zero attached hydrogens (tertiary/aromatic N) is 5. The van der Waals surface area contributed by atoms with Crippen LogP contribution in [0.25, 0.3) is 10.7 Å². The lowest BCUT2D eigenvalue weighted by molar-refractivity contribution is 0.525. The van der Waals surface area contributed by atoms with Gasteiger partial charge in [0.2, 0.25) is 0 Å². The molecule has 0 unspecified atom stereocenters. The van der Waals surface area contributed by atoms with Crippen LogP contribution in [0.5, 0.6) is 0 Å². The van der Waals surface area contributed by atoms with Gasteiger partial charge in [-0.1, -0.05) is 32.2 Å². The predicted octanol–water partition coefficient (Wildman–Crippen LogP) is 2.58. The highest BCUT2D eigenvalue weighted by molar-refractivity contribution is 7.09. The maximum absolute atomic E-state index is 4.20. The summed E-state index contributed by atoms with van der Waals surface area (Å²) in [6, 6.07) is 0. The maximum Gasteiger partial charge on any atom is 0.177 e. The molecule has 0 spiro atoms. The first kappa shape index (κ1) is 12.2. The highest BCUT2D eigenvalue weighted by atomic mass is 32.1. The van der Waals surface area contributed by atoms with E-state index in [-0.39, 0.29) is 0 Å². The van der Waals surface area contributed by atoms with Crippen LogP contribution in [0.4, 0.5) is 0 Å². The van der Waals surface area contributed by atoms with Gasteiger partial charge < -0.3 is 4.57 Å². The first-order valence-electron chi connectivity index (χ1n) is 5.80. The van der Waals surface area contributed by atoms with Crippen LogP contribution in [0.3, 0.4) is 0 Å². The van der Waals surface area contributed by atoms with Gasteiger partial charge in [-0.3, -0.25) is 0 Å². The van der Waals surface area contributed by atoms with Crippen LogP contribution in [-0.4, -0.2) is 24.4 Å². The lowest BCUT2D eigenvalue weighted by Gasteiger charge is -2.09. The van der Waals surface area contributed by atoms with Gasteiger partial charge in [0.05, 0.1) is 5.69 Å². The minimum atomic E-state index is 0.355. The summed E-state index contributed by atoms with van der Waals surface area (Å²) in [6.07, 6.45) is 1.78. The van der Waals surface area contributed by atoms with Crippen molar-refractivity contribution >= 4 is 11.5 Å². The Labute approximate surface area is 105 Å². The van der Waals surface area contributed by atoms with Crippen LogP contribution >= 0.6 is 11.5 Å². The van der Waals surface area contributed by atoms with Gasteiger partial charge in [-0.15, -0.1) is 15.3 Å². The SMILES string of the molecule is CC(C)Cn1cnnc1-c1snnc1C(C)C. The van der Waals surface area contributed by atoms with E-state index in [0.29, 0.717) is 11.8 Å². The molecule has 6 heteroatoms. The Balaban J connectivity index is 2.39. The second-order valence-corrected chi connectivity index (χ2v) is 5.60. The Hall–Kier alpha value is -1.30. The molecule has 92 valence electrons. The molecule has 0 amide bonds. The summed E-state index contributed by atoms with van der Waals surface area (Å²) in [5.41, 5.74) is 1.01. The van der Waals surface area contributed by atoms with Crippen molar-refractivity contribution < 1.29 is 0 Å². The average Bonchev–Trinajstić information content (AvgIpc) is 2.82. The Morgan fingerprint density at radius 3 is 2.65 bits per heavy atom. The molecule has 2 aromatic rings. The fraction of sp³-hybridized carbons (Fsp3) is 0.636. The third-order valence-corrected chi connectivity index (χ3v) is 3.18. The minimum Gasteiger partial charge on any atom is -0.313 e. The quantitative estimate of drug-likeness (QED) is 0.838. The van der Waals surface area contributed by atoms with Gasteiger partial charge >= 0.3 is 0 Å². The van der Waals surface area contributed by atoms with Crippen molar-refractivity contribution in [3.8, 4) is 10.7 Å². The summed E-state index contributed by atoms with van der Waals surface area (Å²) in [5.74, 6) is 1.80. The third kappa shape index (κ3) is 2.52. The minimum absolute atomic E-state index is 0.355. The molecule has 0 aromatic carbocycles. The summed E-state index contributed by atoms with van der Waals surface area (Å²) < 4.78 is 6.11. The zero-order valence-electron chi connectivity index (χ0n) is 10.6. The lowest BCUT2D eigenvalue weighted by atomic mass is 10.1. The molecular formula is C11H17N5S. The molecule has 0 aliphatic heterocycles. The van der Waals surface area contributed by atoms with Crippen molar-refractivity contribution in [3.05, 3.63) is 12.0 Å². The summed E-state index contributed by atoms with van der Waals surface area (Å²) in [5, 5.41) is 12.4. The molecular weight excluding hydrogens is 234 g/mol. The lowest BCUT2D eigenvalue weighted by Crippen LogP contribution is -2.05. The predicted molar refractivity (Wildman–Crippen MR) is 67.9 cm³/mol. The van der Waals surface area contributed by atoms with Crippen molar-refractivity contribution in [2.45, 2.75) is 40.2 Å². The second kappa shape index (κ2) is 4.91. The van der Waals surface area contributed by atoms with Gasteiger partial charge in [-0.25, -0.2) is 0 Å². The van der Waals surface area contributed by atoms with Gasteiger partial charge in [0.1, 0.15) is 11.2 Å². The first-order chi connectivity index (χ1) is 8.09. The molecule has 0 aliphatic rings. The molecule has 0 bridgehead atoms. The molecule has 0 fully saturated rings. The fourth-order valence-corrected chi connectivity index (χ4v) is 2.51. The highest BCUT2D eigenvalue weighted by Gasteiger charge is 2.18. The van der Waals surface area contributed by atoms with E-state index in [0.717, 1.165) is 22.9 Å². The molecule has 0 saturated heterocycles. The van der Waals surface area contributed by atoms with Crippen LogP contribution in [-0.2, 0) is 6.54 Å². The number of hydrogen-bond acceptors (Lipinski definition) is 5. The maximum atomic E-state index is 4.20. The summed E-state index contributed by atoms with van der Waals surface area (Å²) in [4.78, 5) is 1.04. The second-order valence-electron chi connectivity index (χ2n) is 4.84. The van der Waals surface area contributed by atoms with Crippen LogP contribution < -0.4 is 0 Å². The third-order valence-electron chi connectivity index (χ3n) is 2.44. The molecule has 17 heavy (non-hydrogen) atoms. The normalized spacial score (nSPS) is 11.6. The van der Waals surface area contributed by atoms with Crippen molar-refractivity contribution in [2.75, 3.05) is 0 Å². The van der Waals surface area contributed by atoms with Gasteiger partial charge in [0.25, 0.3) is 0 Å². The Morgan fingerprint density at radius 1 is 1.24 bits per heavy atom. The zero-order chi connectivity index (χ0) is 12.4. The first-order valence-corrected chi connectivity index (χ1v) is 6.57. The number of hydrogen-bond donors (Lipinski definition) is 0. The molecule has 2 rings (SSSR count). The van der Waals surface area contributed by atoms with Gasteiger partial charge in [0, 0.05) is 6.54 Å². The van der Waals surface area contributed by atoms with Gasteiger partial charge in [0.15, 0.2) is 5.82 Å². The summed E-state index contributed by atoms with van der Waals surface area (Å²) >= 11 is 1.39. The number of aromatic nitrogens is 5. The van der Waals surface area contributed by atoms with Crippen molar-refractivity contribution in [3.63, 3.8) is 0 Å². The van der Waals surface area contributed by atoms with Crippen molar-refractivity contribution in [1.29, 1.82) is 0 Å². The van der Waals surface area contributed by atoms with Crippen LogP contribution in [0.2, 0.25) is 0 Å². The summed E-state index contributed by atoms with van der Waals surface area (Å²) in [7, 11) is 0.